The highest BCUT2D eigenvalue weighted by molar-refractivity contribution is 5.55. The third-order valence-electron chi connectivity index (χ3n) is 5.51. The fourth-order valence-corrected chi connectivity index (χ4v) is 3.02. The molecule has 0 bridgehead atoms. The summed E-state index contributed by atoms with van der Waals surface area (Å²) in [6.07, 6.45) is 0. The first-order valence-electron chi connectivity index (χ1n) is 7.47. The van der Waals surface area contributed by atoms with Crippen LogP contribution in [0, 0.1) is 23.7 Å². The van der Waals surface area contributed by atoms with Gasteiger partial charge in [0.25, 0.3) is 0 Å². The largest absolute Gasteiger partial charge is 0.383 e. The van der Waals surface area contributed by atoms with Crippen LogP contribution in [0.2, 0.25) is 0 Å². The van der Waals surface area contributed by atoms with Crippen LogP contribution >= 0.6 is 0 Å². The normalized spacial score (nSPS) is 20.2. The number of nitrogens with zero attached hydrogens (tertiary/aromatic N) is 2. The Labute approximate surface area is 122 Å². The standard InChI is InChI=1S/C16H28N4/c1-9(2)13-19-12(17)10(3)14(20-13)18-8-11-15(4,5)16(11,6)7/h9,11H,8H2,1-7H3,(H3,17,18,19,20). The molecular formula is C16H28N4. The third-order valence-corrected chi connectivity index (χ3v) is 5.51. The van der Waals surface area contributed by atoms with Crippen molar-refractivity contribution in [3.8, 4) is 0 Å². The van der Waals surface area contributed by atoms with Crippen LogP contribution in [0.15, 0.2) is 0 Å². The zero-order valence-electron chi connectivity index (χ0n) is 13.8. The van der Waals surface area contributed by atoms with E-state index < -0.39 is 0 Å². The predicted octanol–water partition coefficient (Wildman–Crippen LogP) is 3.58. The molecule has 1 aliphatic rings. The molecule has 0 saturated heterocycles. The molecule has 0 amide bonds. The maximum atomic E-state index is 6.00. The van der Waals surface area contributed by atoms with Crippen molar-refractivity contribution in [3.63, 3.8) is 0 Å². The average Bonchev–Trinajstić information content (AvgIpc) is 2.71. The molecule has 0 spiro atoms. The Kier molecular flexibility index (Phi) is 3.47. The second-order valence-electron chi connectivity index (χ2n) is 7.47. The van der Waals surface area contributed by atoms with Crippen LogP contribution in [0.3, 0.4) is 0 Å². The minimum Gasteiger partial charge on any atom is -0.383 e. The quantitative estimate of drug-likeness (QED) is 0.882. The molecule has 0 radical (unpaired) electrons. The third kappa shape index (κ3) is 2.25. The van der Waals surface area contributed by atoms with E-state index in [4.69, 9.17) is 5.73 Å². The van der Waals surface area contributed by atoms with Crippen LogP contribution < -0.4 is 11.1 Å². The lowest BCUT2D eigenvalue weighted by Crippen LogP contribution is -2.14. The Hall–Kier alpha value is -1.32. The van der Waals surface area contributed by atoms with Gasteiger partial charge in [-0.2, -0.15) is 0 Å². The van der Waals surface area contributed by atoms with Crippen LogP contribution in [0.4, 0.5) is 11.6 Å². The summed E-state index contributed by atoms with van der Waals surface area (Å²) >= 11 is 0. The molecule has 112 valence electrons. The number of nitrogens with one attached hydrogen (secondary N) is 1. The van der Waals surface area contributed by atoms with Crippen molar-refractivity contribution in [3.05, 3.63) is 11.4 Å². The summed E-state index contributed by atoms with van der Waals surface area (Å²) in [6, 6.07) is 0. The zero-order valence-corrected chi connectivity index (χ0v) is 13.8. The van der Waals surface area contributed by atoms with E-state index in [0.29, 0.717) is 22.6 Å². The minimum absolute atomic E-state index is 0.284. The lowest BCUT2D eigenvalue weighted by Gasteiger charge is -2.14. The topological polar surface area (TPSA) is 63.8 Å². The van der Waals surface area contributed by atoms with E-state index in [0.717, 1.165) is 23.8 Å². The molecule has 4 nitrogen and oxygen atoms in total. The van der Waals surface area contributed by atoms with Crippen molar-refractivity contribution in [1.29, 1.82) is 0 Å². The highest BCUT2D eigenvalue weighted by atomic mass is 15.1. The molecule has 1 fully saturated rings. The van der Waals surface area contributed by atoms with E-state index in [-0.39, 0.29) is 5.92 Å². The second kappa shape index (κ2) is 4.61. The van der Waals surface area contributed by atoms with Crippen LogP contribution in [-0.4, -0.2) is 16.5 Å². The van der Waals surface area contributed by atoms with Gasteiger partial charge in [-0.1, -0.05) is 41.5 Å². The molecule has 1 heterocycles. The molecule has 1 aliphatic carbocycles. The second-order valence-corrected chi connectivity index (χ2v) is 7.47. The molecule has 0 atom stereocenters. The summed E-state index contributed by atoms with van der Waals surface area (Å²) in [5, 5.41) is 3.49. The molecule has 1 aromatic rings. The van der Waals surface area contributed by atoms with Crippen LogP contribution in [-0.2, 0) is 0 Å². The van der Waals surface area contributed by atoms with Crippen molar-refractivity contribution < 1.29 is 0 Å². The molecular weight excluding hydrogens is 248 g/mol. The monoisotopic (exact) mass is 276 g/mol. The fraction of sp³-hybridized carbons (Fsp3) is 0.750. The Morgan fingerprint density at radius 1 is 1.15 bits per heavy atom. The summed E-state index contributed by atoms with van der Waals surface area (Å²) in [5.41, 5.74) is 7.71. The van der Waals surface area contributed by atoms with Crippen molar-refractivity contribution in [1.82, 2.24) is 9.97 Å². The molecule has 1 saturated carbocycles. The van der Waals surface area contributed by atoms with Crippen molar-refractivity contribution in [2.45, 2.75) is 54.4 Å². The Morgan fingerprint density at radius 2 is 1.70 bits per heavy atom. The van der Waals surface area contributed by atoms with E-state index in [9.17, 15) is 0 Å². The van der Waals surface area contributed by atoms with Crippen LogP contribution in [0.5, 0.6) is 0 Å². The number of hydrogen-bond acceptors (Lipinski definition) is 4. The molecule has 1 aromatic heterocycles. The molecule has 0 aromatic carbocycles. The van der Waals surface area contributed by atoms with E-state index in [1.165, 1.54) is 0 Å². The smallest absolute Gasteiger partial charge is 0.135 e. The zero-order chi connectivity index (χ0) is 15.3. The van der Waals surface area contributed by atoms with Crippen LogP contribution in [0.1, 0.15) is 58.8 Å². The summed E-state index contributed by atoms with van der Waals surface area (Å²) in [4.78, 5) is 8.99. The number of aromatic nitrogens is 2. The molecule has 3 N–H and O–H groups in total. The molecule has 20 heavy (non-hydrogen) atoms. The first kappa shape index (κ1) is 15.1. The van der Waals surface area contributed by atoms with Gasteiger partial charge in [0, 0.05) is 18.0 Å². The summed E-state index contributed by atoms with van der Waals surface area (Å²) in [6.45, 7) is 16.4. The van der Waals surface area contributed by atoms with E-state index in [1.807, 2.05) is 6.92 Å². The van der Waals surface area contributed by atoms with Crippen LogP contribution in [0.25, 0.3) is 0 Å². The van der Waals surface area contributed by atoms with Gasteiger partial charge in [-0.05, 0) is 23.7 Å². The van der Waals surface area contributed by atoms with Crippen molar-refractivity contribution in [2.24, 2.45) is 16.7 Å². The van der Waals surface area contributed by atoms with Gasteiger partial charge in [0.05, 0.1) is 0 Å². The fourth-order valence-electron chi connectivity index (χ4n) is 3.02. The Morgan fingerprint density at radius 3 is 2.15 bits per heavy atom. The van der Waals surface area contributed by atoms with Gasteiger partial charge in [-0.3, -0.25) is 0 Å². The molecule has 0 unspecified atom stereocenters. The highest BCUT2D eigenvalue weighted by Gasteiger charge is 2.64. The number of nitrogens with two attached hydrogens (primary N) is 1. The number of hydrogen-bond donors (Lipinski definition) is 2. The maximum Gasteiger partial charge on any atom is 0.135 e. The summed E-state index contributed by atoms with van der Waals surface area (Å²) < 4.78 is 0. The van der Waals surface area contributed by atoms with Gasteiger partial charge >= 0.3 is 0 Å². The Bertz CT molecular complexity index is 503. The van der Waals surface area contributed by atoms with Crippen molar-refractivity contribution >= 4 is 11.6 Å². The Balaban J connectivity index is 2.15. The molecule has 2 rings (SSSR count). The minimum atomic E-state index is 0.284. The SMILES string of the molecule is Cc1c(N)nc(C(C)C)nc1NCC1C(C)(C)C1(C)C. The molecule has 0 aliphatic heterocycles. The summed E-state index contributed by atoms with van der Waals surface area (Å²) in [7, 11) is 0. The highest BCUT2D eigenvalue weighted by Crippen LogP contribution is 2.68. The lowest BCUT2D eigenvalue weighted by atomic mass is 10.0. The summed E-state index contributed by atoms with van der Waals surface area (Å²) in [5.74, 6) is 3.23. The van der Waals surface area contributed by atoms with E-state index in [2.05, 4.69) is 56.8 Å². The number of anilines is 2. The van der Waals surface area contributed by atoms with Gasteiger partial charge < -0.3 is 11.1 Å². The average molecular weight is 276 g/mol. The lowest BCUT2D eigenvalue weighted by molar-refractivity contribution is 0.457. The number of rotatable bonds is 4. The van der Waals surface area contributed by atoms with E-state index in [1.54, 1.807) is 0 Å². The van der Waals surface area contributed by atoms with E-state index >= 15 is 0 Å². The first-order chi connectivity index (χ1) is 9.09. The maximum absolute atomic E-state index is 6.00. The number of nitrogen functional groups attached to an aromatic ring is 1. The first-order valence-corrected chi connectivity index (χ1v) is 7.47. The predicted molar refractivity (Wildman–Crippen MR) is 84.8 cm³/mol. The van der Waals surface area contributed by atoms with Gasteiger partial charge in [0.1, 0.15) is 17.5 Å². The van der Waals surface area contributed by atoms with Gasteiger partial charge in [-0.15, -0.1) is 0 Å². The van der Waals surface area contributed by atoms with Gasteiger partial charge in [-0.25, -0.2) is 9.97 Å². The van der Waals surface area contributed by atoms with Gasteiger partial charge in [0.15, 0.2) is 0 Å². The molecule has 4 heteroatoms. The van der Waals surface area contributed by atoms with Gasteiger partial charge in [0.2, 0.25) is 0 Å². The van der Waals surface area contributed by atoms with Crippen molar-refractivity contribution in [2.75, 3.05) is 17.6 Å².